The number of benzene rings is 2. The van der Waals surface area contributed by atoms with Crippen molar-refractivity contribution in [3.63, 3.8) is 0 Å². The van der Waals surface area contributed by atoms with Gasteiger partial charge in [-0.2, -0.15) is 4.90 Å². The summed E-state index contributed by atoms with van der Waals surface area (Å²) in [4.78, 5) is 17.1. The molecule has 2 aromatic rings. The van der Waals surface area contributed by atoms with E-state index in [0.29, 0.717) is 13.1 Å². The fourth-order valence-corrected chi connectivity index (χ4v) is 2.75. The van der Waals surface area contributed by atoms with E-state index in [1.54, 1.807) is 12.0 Å². The van der Waals surface area contributed by atoms with Crippen LogP contribution in [0.4, 0.5) is 5.69 Å². The van der Waals surface area contributed by atoms with Crippen LogP contribution in [-0.4, -0.2) is 30.4 Å². The molecule has 1 aliphatic rings. The summed E-state index contributed by atoms with van der Waals surface area (Å²) in [6.07, 6.45) is 0. The Morgan fingerprint density at radius 3 is 2.58 bits per heavy atom. The Labute approximate surface area is 142 Å². The van der Waals surface area contributed by atoms with E-state index in [9.17, 15) is 4.79 Å². The SMILES string of the molecule is COc1ccc(CN2C(=O)C[NH+]=C2Nc2ccc(C)cc2C)cc1. The van der Waals surface area contributed by atoms with Crippen LogP contribution in [-0.2, 0) is 11.3 Å². The van der Waals surface area contributed by atoms with Crippen molar-refractivity contribution in [2.45, 2.75) is 20.4 Å². The minimum absolute atomic E-state index is 0.0538. The lowest BCUT2D eigenvalue weighted by Gasteiger charge is -2.14. The molecule has 3 rings (SSSR count). The molecule has 0 fully saturated rings. The van der Waals surface area contributed by atoms with Gasteiger partial charge in [0.2, 0.25) is 0 Å². The summed E-state index contributed by atoms with van der Waals surface area (Å²) >= 11 is 0. The van der Waals surface area contributed by atoms with Crippen LogP contribution in [0, 0.1) is 13.8 Å². The molecule has 5 heteroatoms. The van der Waals surface area contributed by atoms with E-state index < -0.39 is 0 Å². The van der Waals surface area contributed by atoms with Gasteiger partial charge in [0.15, 0.2) is 6.54 Å². The Morgan fingerprint density at radius 1 is 1.17 bits per heavy atom. The van der Waals surface area contributed by atoms with Crippen molar-refractivity contribution >= 4 is 17.6 Å². The fourth-order valence-electron chi connectivity index (χ4n) is 2.75. The number of methoxy groups -OCH3 is 1. The minimum Gasteiger partial charge on any atom is -0.497 e. The quantitative estimate of drug-likeness (QED) is 0.889. The molecular formula is C19H22N3O2+. The summed E-state index contributed by atoms with van der Waals surface area (Å²) in [5, 5.41) is 3.35. The van der Waals surface area contributed by atoms with Gasteiger partial charge in [0, 0.05) is 0 Å². The number of amides is 1. The maximum Gasteiger partial charge on any atom is 0.358 e. The molecule has 24 heavy (non-hydrogen) atoms. The molecule has 0 spiro atoms. The Balaban J connectivity index is 1.76. The zero-order valence-electron chi connectivity index (χ0n) is 14.2. The molecule has 1 heterocycles. The Bertz CT molecular complexity index is 782. The van der Waals surface area contributed by atoms with Gasteiger partial charge in [0.1, 0.15) is 18.0 Å². The van der Waals surface area contributed by atoms with Crippen LogP contribution in [0.5, 0.6) is 5.75 Å². The lowest BCUT2D eigenvalue weighted by molar-refractivity contribution is -0.438. The molecular weight excluding hydrogens is 302 g/mol. The van der Waals surface area contributed by atoms with E-state index in [2.05, 4.69) is 36.3 Å². The molecule has 0 aromatic heterocycles. The van der Waals surface area contributed by atoms with Crippen LogP contribution in [0.15, 0.2) is 42.5 Å². The third kappa shape index (κ3) is 3.40. The van der Waals surface area contributed by atoms with Crippen molar-refractivity contribution in [1.82, 2.24) is 4.90 Å². The summed E-state index contributed by atoms with van der Waals surface area (Å²) in [6.45, 7) is 4.95. The molecule has 1 aliphatic heterocycles. The van der Waals surface area contributed by atoms with Crippen molar-refractivity contribution in [1.29, 1.82) is 0 Å². The highest BCUT2D eigenvalue weighted by atomic mass is 16.5. The summed E-state index contributed by atoms with van der Waals surface area (Å²) in [6, 6.07) is 14.0. The molecule has 0 aliphatic carbocycles. The normalized spacial score (nSPS) is 13.9. The average molecular weight is 324 g/mol. The van der Waals surface area contributed by atoms with Gasteiger partial charge in [-0.3, -0.25) is 9.79 Å². The first-order valence-corrected chi connectivity index (χ1v) is 7.95. The summed E-state index contributed by atoms with van der Waals surface area (Å²) in [5.74, 6) is 1.59. The van der Waals surface area contributed by atoms with Gasteiger partial charge in [0.25, 0.3) is 0 Å². The van der Waals surface area contributed by atoms with Gasteiger partial charge >= 0.3 is 11.9 Å². The van der Waals surface area contributed by atoms with Crippen molar-refractivity contribution in [2.24, 2.45) is 0 Å². The van der Waals surface area contributed by atoms with E-state index in [-0.39, 0.29) is 5.91 Å². The number of carbonyl (C=O) groups excluding carboxylic acids is 1. The van der Waals surface area contributed by atoms with Crippen molar-refractivity contribution in [3.05, 3.63) is 59.2 Å². The van der Waals surface area contributed by atoms with Crippen molar-refractivity contribution in [3.8, 4) is 5.75 Å². The number of hydrogen-bond acceptors (Lipinski definition) is 3. The molecule has 0 saturated heterocycles. The van der Waals surface area contributed by atoms with Crippen LogP contribution in [0.2, 0.25) is 0 Å². The van der Waals surface area contributed by atoms with Gasteiger partial charge in [0.05, 0.1) is 7.11 Å². The maximum atomic E-state index is 12.2. The summed E-state index contributed by atoms with van der Waals surface area (Å²) in [7, 11) is 1.64. The van der Waals surface area contributed by atoms with E-state index in [4.69, 9.17) is 4.74 Å². The predicted octanol–water partition coefficient (Wildman–Crippen LogP) is 1.20. The fraction of sp³-hybridized carbons (Fsp3) is 0.263. The smallest absolute Gasteiger partial charge is 0.358 e. The number of rotatable bonds is 4. The van der Waals surface area contributed by atoms with Crippen molar-refractivity contribution in [2.75, 3.05) is 19.0 Å². The maximum absolute atomic E-state index is 12.2. The predicted molar refractivity (Wildman–Crippen MR) is 93.9 cm³/mol. The number of hydrogen-bond donors (Lipinski definition) is 2. The Hall–Kier alpha value is -2.82. The lowest BCUT2D eigenvalue weighted by atomic mass is 10.1. The van der Waals surface area contributed by atoms with Gasteiger partial charge in [-0.05, 0) is 43.2 Å². The Morgan fingerprint density at radius 2 is 1.92 bits per heavy atom. The van der Waals surface area contributed by atoms with Gasteiger partial charge in [-0.15, -0.1) is 0 Å². The highest BCUT2D eigenvalue weighted by molar-refractivity contribution is 6.04. The lowest BCUT2D eigenvalue weighted by Crippen LogP contribution is -2.72. The minimum atomic E-state index is 0.0538. The first-order chi connectivity index (χ1) is 11.6. The highest BCUT2D eigenvalue weighted by Crippen LogP contribution is 2.18. The monoisotopic (exact) mass is 324 g/mol. The van der Waals surface area contributed by atoms with Crippen molar-refractivity contribution < 1.29 is 14.5 Å². The first kappa shape index (κ1) is 16.1. The number of aryl methyl sites for hydroxylation is 2. The van der Waals surface area contributed by atoms with E-state index in [1.807, 2.05) is 30.3 Å². The van der Waals surface area contributed by atoms with Crippen LogP contribution in [0.25, 0.3) is 0 Å². The molecule has 0 atom stereocenters. The van der Waals surface area contributed by atoms with Crippen LogP contribution in [0.3, 0.4) is 0 Å². The third-order valence-electron chi connectivity index (χ3n) is 4.11. The zero-order valence-corrected chi connectivity index (χ0v) is 14.2. The molecule has 0 bridgehead atoms. The standard InChI is InChI=1S/C19H21N3O2/c1-13-4-9-17(14(2)10-13)21-19-20-11-18(23)22(19)12-15-5-7-16(24-3)8-6-15/h4-10H,11-12H2,1-3H3,(H,20,21)/p+1. The molecule has 0 unspecified atom stereocenters. The third-order valence-corrected chi connectivity index (χ3v) is 4.11. The van der Waals surface area contributed by atoms with Gasteiger partial charge < -0.3 is 4.74 Å². The number of nitrogens with one attached hydrogen (secondary N) is 2. The number of ether oxygens (including phenoxy) is 1. The number of guanidine groups is 1. The second-order valence-electron chi connectivity index (χ2n) is 5.97. The zero-order chi connectivity index (χ0) is 17.1. The summed E-state index contributed by atoms with van der Waals surface area (Å²) in [5.41, 5.74) is 4.41. The highest BCUT2D eigenvalue weighted by Gasteiger charge is 2.33. The Kier molecular flexibility index (Phi) is 4.51. The molecule has 0 radical (unpaired) electrons. The van der Waals surface area contributed by atoms with Crippen LogP contribution in [0.1, 0.15) is 16.7 Å². The number of anilines is 1. The molecule has 5 nitrogen and oxygen atoms in total. The van der Waals surface area contributed by atoms with E-state index >= 15 is 0 Å². The van der Waals surface area contributed by atoms with Gasteiger partial charge in [-0.1, -0.05) is 29.8 Å². The molecule has 2 aromatic carbocycles. The second-order valence-corrected chi connectivity index (χ2v) is 5.97. The average Bonchev–Trinajstić information content (AvgIpc) is 2.91. The van der Waals surface area contributed by atoms with E-state index in [1.165, 1.54) is 5.56 Å². The van der Waals surface area contributed by atoms with Crippen LogP contribution < -0.4 is 15.0 Å². The number of nitrogens with zero attached hydrogens (tertiary/aromatic N) is 1. The van der Waals surface area contributed by atoms with Gasteiger partial charge in [-0.25, -0.2) is 5.32 Å². The molecule has 124 valence electrons. The molecule has 0 saturated carbocycles. The largest absolute Gasteiger partial charge is 0.497 e. The number of carbonyl (C=O) groups is 1. The second kappa shape index (κ2) is 6.74. The van der Waals surface area contributed by atoms with Crippen LogP contribution >= 0.6 is 0 Å². The summed E-state index contributed by atoms with van der Waals surface area (Å²) < 4.78 is 5.17. The van der Waals surface area contributed by atoms with E-state index in [0.717, 1.165) is 28.5 Å². The first-order valence-electron chi connectivity index (χ1n) is 7.95. The molecule has 1 amide bonds. The molecule has 2 N–H and O–H groups in total. The topological polar surface area (TPSA) is 55.5 Å².